The number of hydrogen-bond donors (Lipinski definition) is 0. The van der Waals surface area contributed by atoms with Crippen LogP contribution in [-0.2, 0) is 20.3 Å². The van der Waals surface area contributed by atoms with E-state index in [-0.39, 0.29) is 11.9 Å². The van der Waals surface area contributed by atoms with Crippen LogP contribution in [0, 0.1) is 5.92 Å². The van der Waals surface area contributed by atoms with E-state index in [2.05, 4.69) is 4.74 Å². The largest absolute Gasteiger partial charge is 0.469 e. The predicted molar refractivity (Wildman–Crippen MR) is 40.1 cm³/mol. The number of hydrogen-bond acceptors (Lipinski definition) is 3. The van der Waals surface area contributed by atoms with E-state index >= 15 is 0 Å². The van der Waals surface area contributed by atoms with Crippen LogP contribution >= 0.6 is 0 Å². The van der Waals surface area contributed by atoms with Gasteiger partial charge < -0.3 is 4.74 Å². The number of methoxy groups -OCH3 is 1. The van der Waals surface area contributed by atoms with E-state index in [9.17, 15) is 9.00 Å². The van der Waals surface area contributed by atoms with E-state index in [4.69, 9.17) is 0 Å². The molecule has 60 valence electrons. The molecule has 0 aromatic rings. The van der Waals surface area contributed by atoms with E-state index < -0.39 is 10.8 Å². The van der Waals surface area contributed by atoms with Gasteiger partial charge in [0.2, 0.25) is 0 Å². The van der Waals surface area contributed by atoms with Gasteiger partial charge >= 0.3 is 5.97 Å². The van der Waals surface area contributed by atoms with E-state index in [1.165, 1.54) is 7.11 Å². The van der Waals surface area contributed by atoms with Crippen molar-refractivity contribution in [2.75, 3.05) is 19.1 Å². The quantitative estimate of drug-likeness (QED) is 0.559. The van der Waals surface area contributed by atoms with E-state index in [0.717, 1.165) is 0 Å². The average molecular weight is 164 g/mol. The Bertz CT molecular complexity index is 144. The third kappa shape index (κ3) is 3.61. The molecule has 0 aromatic carbocycles. The summed E-state index contributed by atoms with van der Waals surface area (Å²) in [5.41, 5.74) is 0. The molecule has 3 nitrogen and oxygen atoms in total. The zero-order chi connectivity index (χ0) is 8.15. The third-order valence-corrected chi connectivity index (χ3v) is 2.06. The van der Waals surface area contributed by atoms with Crippen LogP contribution in [0.2, 0.25) is 0 Å². The standard InChI is InChI=1S/C6H12O3S/c1-5(4-10(3)8)6(7)9-2/h5H,4H2,1-3H3. The van der Waals surface area contributed by atoms with Crippen LogP contribution in [-0.4, -0.2) is 29.3 Å². The lowest BCUT2D eigenvalue weighted by Gasteiger charge is -2.05. The first kappa shape index (κ1) is 9.62. The number of rotatable bonds is 3. The summed E-state index contributed by atoms with van der Waals surface area (Å²) in [5.74, 6) is -0.168. The highest BCUT2D eigenvalue weighted by Gasteiger charge is 2.13. The summed E-state index contributed by atoms with van der Waals surface area (Å²) in [6.45, 7) is 1.70. The molecule has 0 N–H and O–H groups in total. The molecule has 2 atom stereocenters. The molecule has 0 aliphatic heterocycles. The number of carbonyl (C=O) groups excluding carboxylic acids is 1. The minimum absolute atomic E-state index is 0.254. The van der Waals surface area contributed by atoms with Gasteiger partial charge in [-0.3, -0.25) is 9.00 Å². The van der Waals surface area contributed by atoms with Crippen LogP contribution in [0.25, 0.3) is 0 Å². The maximum absolute atomic E-state index is 10.7. The van der Waals surface area contributed by atoms with Crippen molar-refractivity contribution < 1.29 is 13.7 Å². The average Bonchev–Trinajstić information content (AvgIpc) is 1.85. The molecule has 0 rings (SSSR count). The second kappa shape index (κ2) is 4.44. The molecular weight excluding hydrogens is 152 g/mol. The topological polar surface area (TPSA) is 43.4 Å². The fourth-order valence-corrected chi connectivity index (χ4v) is 1.46. The summed E-state index contributed by atoms with van der Waals surface area (Å²) < 4.78 is 15.0. The molecule has 2 unspecified atom stereocenters. The fourth-order valence-electron chi connectivity index (χ4n) is 0.621. The molecule has 0 fully saturated rings. The summed E-state index contributed by atoms with van der Waals surface area (Å²) in [6, 6.07) is 0. The van der Waals surface area contributed by atoms with Crippen LogP contribution in [0.3, 0.4) is 0 Å². The summed E-state index contributed by atoms with van der Waals surface area (Å²) >= 11 is 0. The number of carbonyl (C=O) groups is 1. The summed E-state index contributed by atoms with van der Waals surface area (Å²) in [7, 11) is 0.412. The Morgan fingerprint density at radius 3 is 2.50 bits per heavy atom. The molecule has 4 heteroatoms. The Balaban J connectivity index is 3.72. The van der Waals surface area contributed by atoms with Crippen molar-refractivity contribution in [2.24, 2.45) is 5.92 Å². The first-order valence-corrected chi connectivity index (χ1v) is 4.68. The SMILES string of the molecule is COC(=O)C(C)CS(C)=O. The van der Waals surface area contributed by atoms with Crippen molar-refractivity contribution in [3.05, 3.63) is 0 Å². The van der Waals surface area contributed by atoms with Gasteiger partial charge in [0.05, 0.1) is 13.0 Å². The molecule has 0 bridgehead atoms. The summed E-state index contributed by atoms with van der Waals surface area (Å²) in [4.78, 5) is 10.7. The van der Waals surface area contributed by atoms with Crippen LogP contribution < -0.4 is 0 Å². The first-order valence-electron chi connectivity index (χ1n) is 2.95. The Morgan fingerprint density at radius 1 is 1.70 bits per heavy atom. The smallest absolute Gasteiger partial charge is 0.309 e. The molecule has 0 aromatic heterocycles. The van der Waals surface area contributed by atoms with Gasteiger partial charge in [0.25, 0.3) is 0 Å². The summed E-state index contributed by atoms with van der Waals surface area (Å²) in [6.07, 6.45) is 1.57. The van der Waals surface area contributed by atoms with E-state index in [0.29, 0.717) is 5.75 Å². The normalized spacial score (nSPS) is 15.9. The van der Waals surface area contributed by atoms with Crippen LogP contribution in [0.4, 0.5) is 0 Å². The van der Waals surface area contributed by atoms with Gasteiger partial charge in [0, 0.05) is 22.8 Å². The molecule has 0 radical (unpaired) electrons. The van der Waals surface area contributed by atoms with E-state index in [1.54, 1.807) is 13.2 Å². The van der Waals surface area contributed by atoms with Gasteiger partial charge in [-0.2, -0.15) is 0 Å². The number of esters is 1. The maximum atomic E-state index is 10.7. The van der Waals surface area contributed by atoms with Gasteiger partial charge in [0.1, 0.15) is 0 Å². The Hall–Kier alpha value is -0.380. The molecular formula is C6H12O3S. The van der Waals surface area contributed by atoms with Gasteiger partial charge in [0.15, 0.2) is 0 Å². The molecule has 0 aliphatic carbocycles. The van der Waals surface area contributed by atoms with Crippen LogP contribution in [0.5, 0.6) is 0 Å². The second-order valence-electron chi connectivity index (χ2n) is 2.16. The van der Waals surface area contributed by atoms with Crippen molar-refractivity contribution in [3.63, 3.8) is 0 Å². The predicted octanol–water partition coefficient (Wildman–Crippen LogP) is 0.174. The van der Waals surface area contributed by atoms with Gasteiger partial charge in [-0.15, -0.1) is 0 Å². The highest BCUT2D eigenvalue weighted by molar-refractivity contribution is 7.84. The van der Waals surface area contributed by atoms with Gasteiger partial charge in [-0.25, -0.2) is 0 Å². The Labute approximate surface area is 63.2 Å². The minimum atomic E-state index is -0.919. The lowest BCUT2D eigenvalue weighted by Crippen LogP contribution is -2.18. The molecule has 0 amide bonds. The molecule has 0 heterocycles. The Kier molecular flexibility index (Phi) is 4.27. The number of ether oxygens (including phenoxy) is 1. The van der Waals surface area contributed by atoms with Crippen molar-refractivity contribution in [1.29, 1.82) is 0 Å². The third-order valence-electron chi connectivity index (χ3n) is 1.09. The lowest BCUT2D eigenvalue weighted by molar-refractivity contribution is -0.144. The van der Waals surface area contributed by atoms with Crippen molar-refractivity contribution >= 4 is 16.8 Å². The molecule has 10 heavy (non-hydrogen) atoms. The highest BCUT2D eigenvalue weighted by atomic mass is 32.2. The monoisotopic (exact) mass is 164 g/mol. The molecule has 0 saturated carbocycles. The zero-order valence-corrected chi connectivity index (χ0v) is 7.23. The Morgan fingerprint density at radius 2 is 2.20 bits per heavy atom. The second-order valence-corrected chi connectivity index (χ2v) is 3.64. The molecule has 0 spiro atoms. The van der Waals surface area contributed by atoms with Gasteiger partial charge in [-0.05, 0) is 0 Å². The molecule has 0 saturated heterocycles. The van der Waals surface area contributed by atoms with Crippen molar-refractivity contribution in [1.82, 2.24) is 0 Å². The zero-order valence-electron chi connectivity index (χ0n) is 6.42. The van der Waals surface area contributed by atoms with Crippen LogP contribution in [0.1, 0.15) is 6.92 Å². The van der Waals surface area contributed by atoms with Gasteiger partial charge in [-0.1, -0.05) is 6.92 Å². The maximum Gasteiger partial charge on any atom is 0.309 e. The molecule has 0 aliphatic rings. The van der Waals surface area contributed by atoms with Crippen molar-refractivity contribution in [2.45, 2.75) is 6.92 Å². The highest BCUT2D eigenvalue weighted by Crippen LogP contribution is 1.98. The fraction of sp³-hybridized carbons (Fsp3) is 0.833. The van der Waals surface area contributed by atoms with Crippen LogP contribution in [0.15, 0.2) is 0 Å². The van der Waals surface area contributed by atoms with Crippen molar-refractivity contribution in [3.8, 4) is 0 Å². The lowest BCUT2D eigenvalue weighted by atomic mass is 10.2. The minimum Gasteiger partial charge on any atom is -0.469 e. The first-order chi connectivity index (χ1) is 4.57. The summed E-state index contributed by atoms with van der Waals surface area (Å²) in [5, 5.41) is 0. The van der Waals surface area contributed by atoms with E-state index in [1.807, 2.05) is 0 Å².